The lowest BCUT2D eigenvalue weighted by Crippen LogP contribution is -2.51. The van der Waals surface area contributed by atoms with Crippen molar-refractivity contribution in [3.63, 3.8) is 0 Å². The molecule has 1 aliphatic heterocycles. The molecule has 9 nitrogen and oxygen atoms in total. The molecule has 11 heteroatoms. The smallest absolute Gasteiger partial charge is 0.406 e. The number of likely N-dealkylation sites (tertiary alicyclic amines) is 1. The lowest BCUT2D eigenvalue weighted by molar-refractivity contribution is -0.0151. The standard InChI is InChI=1S/C28H44F2N4O5/c1-31-18-24(8-11-28(38-3)9-4-5-10-28)33-26(35)34-13-6-7-20(19-34)25(39-14-12-32-27(36)37-2)21-15-22(29)17-23(30)16-21/h15-17,20,24-25,31H,4-14,18-19H2,1-3H3,(H,32,36)(H,33,35). The number of carbonyl (C=O) groups excluding carboxylic acids is 2. The maximum atomic E-state index is 14.1. The van der Waals surface area contributed by atoms with Crippen LogP contribution < -0.4 is 16.0 Å². The van der Waals surface area contributed by atoms with E-state index in [2.05, 4.69) is 20.7 Å². The quantitative estimate of drug-likeness (QED) is 0.317. The van der Waals surface area contributed by atoms with Gasteiger partial charge in [-0.15, -0.1) is 0 Å². The summed E-state index contributed by atoms with van der Waals surface area (Å²) >= 11 is 0. The molecule has 1 aromatic rings. The summed E-state index contributed by atoms with van der Waals surface area (Å²) in [5, 5.41) is 8.91. The molecule has 0 spiro atoms. The predicted octanol–water partition coefficient (Wildman–Crippen LogP) is 4.13. The van der Waals surface area contributed by atoms with Crippen LogP contribution >= 0.6 is 0 Å². The third-order valence-corrected chi connectivity index (χ3v) is 7.92. The number of halogens is 2. The van der Waals surface area contributed by atoms with Crippen LogP contribution in [0, 0.1) is 17.6 Å². The average molecular weight is 555 g/mol. The van der Waals surface area contributed by atoms with Gasteiger partial charge < -0.3 is 35.1 Å². The lowest BCUT2D eigenvalue weighted by atomic mass is 9.88. The minimum Gasteiger partial charge on any atom is -0.453 e. The Labute approximate surface area is 230 Å². The fourth-order valence-corrected chi connectivity index (χ4v) is 5.85. The zero-order chi connectivity index (χ0) is 28.3. The predicted molar refractivity (Wildman–Crippen MR) is 143 cm³/mol. The van der Waals surface area contributed by atoms with E-state index in [0.29, 0.717) is 25.2 Å². The van der Waals surface area contributed by atoms with Crippen molar-refractivity contribution in [1.82, 2.24) is 20.9 Å². The van der Waals surface area contributed by atoms with Crippen molar-refractivity contribution < 1.29 is 32.6 Å². The summed E-state index contributed by atoms with van der Waals surface area (Å²) < 4.78 is 44.7. The molecule has 1 aliphatic carbocycles. The highest BCUT2D eigenvalue weighted by molar-refractivity contribution is 5.74. The Bertz CT molecular complexity index is 911. The molecule has 3 rings (SSSR count). The molecule has 0 radical (unpaired) electrons. The van der Waals surface area contributed by atoms with Crippen molar-refractivity contribution in [2.75, 3.05) is 54.1 Å². The van der Waals surface area contributed by atoms with Gasteiger partial charge in [0.25, 0.3) is 0 Å². The average Bonchev–Trinajstić information content (AvgIpc) is 3.40. The summed E-state index contributed by atoms with van der Waals surface area (Å²) in [5.74, 6) is -1.56. The SMILES string of the molecule is CNCC(CCC1(OC)CCCC1)NC(=O)N1CCCC(C(OCCNC(=O)OC)c2cc(F)cc(F)c2)C1. The van der Waals surface area contributed by atoms with Crippen molar-refractivity contribution in [2.45, 2.75) is 69.1 Å². The molecule has 2 aliphatic rings. The van der Waals surface area contributed by atoms with Gasteiger partial charge in [-0.3, -0.25) is 0 Å². The number of carbonyl (C=O) groups is 2. The van der Waals surface area contributed by atoms with Crippen LogP contribution in [-0.2, 0) is 14.2 Å². The van der Waals surface area contributed by atoms with E-state index < -0.39 is 23.8 Å². The van der Waals surface area contributed by atoms with Crippen molar-refractivity contribution in [2.24, 2.45) is 5.92 Å². The van der Waals surface area contributed by atoms with Crippen LogP contribution in [0.25, 0.3) is 0 Å². The summed E-state index contributed by atoms with van der Waals surface area (Å²) in [5.41, 5.74) is 0.271. The molecule has 2 fully saturated rings. The highest BCUT2D eigenvalue weighted by Crippen LogP contribution is 2.37. The van der Waals surface area contributed by atoms with Crippen LogP contribution in [0.4, 0.5) is 18.4 Å². The fraction of sp³-hybridized carbons (Fsp3) is 0.714. The third kappa shape index (κ3) is 9.29. The maximum absolute atomic E-state index is 14.1. The van der Waals surface area contributed by atoms with Gasteiger partial charge in [0.15, 0.2) is 0 Å². The molecule has 220 valence electrons. The fourth-order valence-electron chi connectivity index (χ4n) is 5.85. The number of hydrogen-bond donors (Lipinski definition) is 3. The largest absolute Gasteiger partial charge is 0.453 e. The van der Waals surface area contributed by atoms with Crippen molar-refractivity contribution in [3.05, 3.63) is 35.4 Å². The maximum Gasteiger partial charge on any atom is 0.406 e. The molecule has 0 aromatic heterocycles. The highest BCUT2D eigenvalue weighted by Gasteiger charge is 2.35. The number of nitrogens with one attached hydrogen (secondary N) is 3. The number of ether oxygens (including phenoxy) is 3. The van der Waals surface area contributed by atoms with Crippen LogP contribution in [-0.4, -0.2) is 82.7 Å². The number of nitrogens with zero attached hydrogens (tertiary/aromatic N) is 1. The number of alkyl carbamates (subject to hydrolysis) is 1. The summed E-state index contributed by atoms with van der Waals surface area (Å²) in [6.07, 6.45) is 6.36. The van der Waals surface area contributed by atoms with Crippen LogP contribution in [0.1, 0.15) is 63.0 Å². The topological polar surface area (TPSA) is 101 Å². The van der Waals surface area contributed by atoms with Gasteiger partial charge in [0.1, 0.15) is 11.6 Å². The van der Waals surface area contributed by atoms with Crippen molar-refractivity contribution in [3.8, 4) is 0 Å². The van der Waals surface area contributed by atoms with Gasteiger partial charge in [-0.25, -0.2) is 18.4 Å². The van der Waals surface area contributed by atoms with Crippen LogP contribution in [0.2, 0.25) is 0 Å². The molecular formula is C28H44F2N4O5. The molecule has 1 saturated heterocycles. The number of hydrogen-bond acceptors (Lipinski definition) is 6. The van der Waals surface area contributed by atoms with Gasteiger partial charge >= 0.3 is 12.1 Å². The normalized spacial score (nSPS) is 20.3. The Morgan fingerprint density at radius 3 is 2.49 bits per heavy atom. The Balaban J connectivity index is 1.65. The Hall–Kier alpha value is -2.50. The highest BCUT2D eigenvalue weighted by atomic mass is 19.1. The number of benzene rings is 1. The first-order valence-electron chi connectivity index (χ1n) is 13.9. The van der Waals surface area contributed by atoms with Gasteiger partial charge in [0.2, 0.25) is 0 Å². The van der Waals surface area contributed by atoms with Crippen LogP contribution in [0.15, 0.2) is 18.2 Å². The first-order valence-corrected chi connectivity index (χ1v) is 13.9. The van der Waals surface area contributed by atoms with E-state index in [1.165, 1.54) is 32.1 Å². The first-order chi connectivity index (χ1) is 18.8. The third-order valence-electron chi connectivity index (χ3n) is 7.92. The van der Waals surface area contributed by atoms with E-state index in [4.69, 9.17) is 9.47 Å². The lowest BCUT2D eigenvalue weighted by Gasteiger charge is -2.38. The number of amides is 3. The number of rotatable bonds is 13. The zero-order valence-corrected chi connectivity index (χ0v) is 23.4. The van der Waals surface area contributed by atoms with Crippen LogP contribution in [0.3, 0.4) is 0 Å². The second-order valence-corrected chi connectivity index (χ2v) is 10.6. The van der Waals surface area contributed by atoms with Gasteiger partial charge in [-0.05, 0) is 63.3 Å². The summed E-state index contributed by atoms with van der Waals surface area (Å²) in [7, 11) is 4.91. The summed E-state index contributed by atoms with van der Waals surface area (Å²) in [4.78, 5) is 26.5. The van der Waals surface area contributed by atoms with Gasteiger partial charge in [-0.2, -0.15) is 0 Å². The molecule has 3 unspecified atom stereocenters. The minimum absolute atomic E-state index is 0.0516. The molecule has 3 N–H and O–H groups in total. The van der Waals surface area contributed by atoms with Gasteiger partial charge in [0.05, 0.1) is 25.4 Å². The van der Waals surface area contributed by atoms with Crippen molar-refractivity contribution >= 4 is 12.1 Å². The Morgan fingerprint density at radius 2 is 1.85 bits per heavy atom. The monoisotopic (exact) mass is 554 g/mol. The summed E-state index contributed by atoms with van der Waals surface area (Å²) in [6, 6.07) is 3.14. The van der Waals surface area contributed by atoms with Gasteiger partial charge in [-0.1, -0.05) is 12.8 Å². The Kier molecular flexibility index (Phi) is 12.2. The minimum atomic E-state index is -0.692. The summed E-state index contributed by atoms with van der Waals surface area (Å²) in [6.45, 7) is 1.90. The first kappa shape index (κ1) is 31.0. The Morgan fingerprint density at radius 1 is 1.13 bits per heavy atom. The van der Waals surface area contributed by atoms with E-state index >= 15 is 0 Å². The van der Waals surface area contributed by atoms with E-state index in [1.807, 2.05) is 7.05 Å². The number of urea groups is 1. The van der Waals surface area contributed by atoms with Gasteiger partial charge in [0, 0.05) is 51.3 Å². The molecular weight excluding hydrogens is 510 g/mol. The molecule has 1 heterocycles. The van der Waals surface area contributed by atoms with Crippen molar-refractivity contribution in [1.29, 1.82) is 0 Å². The second kappa shape index (κ2) is 15.3. The second-order valence-electron chi connectivity index (χ2n) is 10.6. The molecule has 39 heavy (non-hydrogen) atoms. The molecule has 1 aromatic carbocycles. The van der Waals surface area contributed by atoms with E-state index in [-0.39, 0.29) is 36.7 Å². The molecule has 1 saturated carbocycles. The van der Waals surface area contributed by atoms with E-state index in [0.717, 1.165) is 44.6 Å². The van der Waals surface area contributed by atoms with E-state index in [9.17, 15) is 18.4 Å². The van der Waals surface area contributed by atoms with Crippen LogP contribution in [0.5, 0.6) is 0 Å². The molecule has 3 amide bonds. The van der Waals surface area contributed by atoms with E-state index in [1.54, 1.807) is 12.0 Å². The molecule has 0 bridgehead atoms. The number of methoxy groups -OCH3 is 2. The molecule has 3 atom stereocenters. The zero-order valence-electron chi connectivity index (χ0n) is 23.4. The number of piperidine rings is 1. The number of likely N-dealkylation sites (N-methyl/N-ethyl adjacent to an activating group) is 1.